The summed E-state index contributed by atoms with van der Waals surface area (Å²) in [6.45, 7) is 11.6. The lowest BCUT2D eigenvalue weighted by atomic mass is 10.1. The Balaban J connectivity index is 1.60. The van der Waals surface area contributed by atoms with Gasteiger partial charge < -0.3 is 15.3 Å². The minimum atomic E-state index is -0.120. The Hall–Kier alpha value is -2.38. The zero-order valence-electron chi connectivity index (χ0n) is 20.4. The van der Waals surface area contributed by atoms with Crippen molar-refractivity contribution in [3.63, 3.8) is 0 Å². The number of aliphatic hydroxyl groups is 1. The van der Waals surface area contributed by atoms with Gasteiger partial charge in [0.05, 0.1) is 18.3 Å². The fourth-order valence-electron chi connectivity index (χ4n) is 4.21. The fraction of sp³-hybridized carbons (Fsp3) is 0.600. The van der Waals surface area contributed by atoms with Gasteiger partial charge in [-0.05, 0) is 36.8 Å². The van der Waals surface area contributed by atoms with E-state index in [1.54, 1.807) is 0 Å². The van der Waals surface area contributed by atoms with Crippen LogP contribution in [0.15, 0.2) is 35.5 Å². The molecule has 0 bridgehead atoms. The van der Waals surface area contributed by atoms with Gasteiger partial charge in [0.25, 0.3) is 0 Å². The number of aromatic nitrogens is 2. The summed E-state index contributed by atoms with van der Waals surface area (Å²) in [4.78, 5) is 9.47. The van der Waals surface area contributed by atoms with Gasteiger partial charge in [-0.15, -0.1) is 0 Å². The fourth-order valence-corrected chi connectivity index (χ4v) is 4.21. The van der Waals surface area contributed by atoms with Crippen LogP contribution in [0.25, 0.3) is 0 Å². The molecule has 0 atom stereocenters. The summed E-state index contributed by atoms with van der Waals surface area (Å²) in [7, 11) is 4.06. The molecular weight excluding hydrogens is 400 g/mol. The van der Waals surface area contributed by atoms with Crippen molar-refractivity contribution in [2.45, 2.75) is 65.3 Å². The van der Waals surface area contributed by atoms with E-state index in [0.717, 1.165) is 57.2 Å². The van der Waals surface area contributed by atoms with Crippen LogP contribution in [0.5, 0.6) is 0 Å². The van der Waals surface area contributed by atoms with Crippen LogP contribution in [-0.4, -0.2) is 63.4 Å². The minimum Gasteiger partial charge on any atom is -0.393 e. The summed E-state index contributed by atoms with van der Waals surface area (Å²) in [5.41, 5.74) is 4.91. The van der Waals surface area contributed by atoms with Crippen LogP contribution < -0.4 is 5.32 Å². The third-order valence-electron chi connectivity index (χ3n) is 5.99. The Kier molecular flexibility index (Phi) is 8.70. The van der Waals surface area contributed by atoms with Gasteiger partial charge in [-0.2, -0.15) is 5.10 Å². The molecule has 0 radical (unpaired) electrons. The summed E-state index contributed by atoms with van der Waals surface area (Å²) in [5, 5.41) is 17.7. The molecule has 0 unspecified atom stereocenters. The quantitative estimate of drug-likeness (QED) is 0.488. The van der Waals surface area contributed by atoms with E-state index in [0.29, 0.717) is 12.5 Å². The zero-order chi connectivity index (χ0) is 23.1. The topological polar surface area (TPSA) is 68.9 Å². The van der Waals surface area contributed by atoms with Crippen molar-refractivity contribution in [1.29, 1.82) is 0 Å². The van der Waals surface area contributed by atoms with Crippen molar-refractivity contribution in [3.8, 4) is 0 Å². The summed E-state index contributed by atoms with van der Waals surface area (Å²) in [6, 6.07) is 8.77. The molecule has 2 heterocycles. The number of benzene rings is 1. The van der Waals surface area contributed by atoms with E-state index < -0.39 is 0 Å². The molecule has 0 saturated carbocycles. The summed E-state index contributed by atoms with van der Waals surface area (Å²) >= 11 is 0. The Morgan fingerprint density at radius 3 is 2.50 bits per heavy atom. The molecule has 1 aromatic carbocycles. The van der Waals surface area contributed by atoms with Crippen molar-refractivity contribution >= 4 is 5.96 Å². The molecule has 0 aliphatic carbocycles. The normalized spacial score (nSPS) is 16.0. The second kappa shape index (κ2) is 11.5. The van der Waals surface area contributed by atoms with Crippen LogP contribution in [0.1, 0.15) is 61.9 Å². The second-order valence-corrected chi connectivity index (χ2v) is 9.22. The van der Waals surface area contributed by atoms with E-state index in [-0.39, 0.29) is 6.10 Å². The van der Waals surface area contributed by atoms with Gasteiger partial charge in [-0.3, -0.25) is 9.58 Å². The van der Waals surface area contributed by atoms with Gasteiger partial charge >= 0.3 is 0 Å². The minimum absolute atomic E-state index is 0.120. The first-order valence-electron chi connectivity index (χ1n) is 11.9. The lowest BCUT2D eigenvalue weighted by Gasteiger charge is -2.29. The molecule has 7 heteroatoms. The lowest BCUT2D eigenvalue weighted by Crippen LogP contribution is -2.38. The summed E-state index contributed by atoms with van der Waals surface area (Å²) in [6.07, 6.45) is 3.75. The average molecular weight is 441 g/mol. The van der Waals surface area contributed by atoms with E-state index in [4.69, 9.17) is 4.99 Å². The largest absolute Gasteiger partial charge is 0.393 e. The average Bonchev–Trinajstić information content (AvgIpc) is 3.14. The van der Waals surface area contributed by atoms with Crippen LogP contribution in [0, 0.1) is 0 Å². The second-order valence-electron chi connectivity index (χ2n) is 9.22. The van der Waals surface area contributed by atoms with E-state index in [2.05, 4.69) is 78.5 Å². The van der Waals surface area contributed by atoms with Gasteiger partial charge in [0.15, 0.2) is 5.96 Å². The molecule has 1 aliphatic heterocycles. The molecule has 1 aliphatic rings. The van der Waals surface area contributed by atoms with Crippen molar-refractivity contribution in [2.24, 2.45) is 12.0 Å². The van der Waals surface area contributed by atoms with E-state index in [9.17, 15) is 5.11 Å². The number of nitrogens with one attached hydrogen (secondary N) is 1. The van der Waals surface area contributed by atoms with Crippen molar-refractivity contribution in [1.82, 2.24) is 24.9 Å². The first-order valence-corrected chi connectivity index (χ1v) is 11.9. The Morgan fingerprint density at radius 1 is 1.22 bits per heavy atom. The molecule has 3 rings (SSSR count). The van der Waals surface area contributed by atoms with Crippen LogP contribution in [-0.2, 0) is 26.7 Å². The third kappa shape index (κ3) is 6.81. The highest BCUT2D eigenvalue weighted by atomic mass is 16.3. The highest BCUT2D eigenvalue weighted by Crippen LogP contribution is 2.19. The highest BCUT2D eigenvalue weighted by molar-refractivity contribution is 5.79. The number of rotatable bonds is 8. The number of hydrogen-bond acceptors (Lipinski definition) is 4. The van der Waals surface area contributed by atoms with E-state index >= 15 is 0 Å². The maximum atomic E-state index is 9.68. The van der Waals surface area contributed by atoms with E-state index in [1.807, 2.05) is 11.7 Å². The Morgan fingerprint density at radius 2 is 1.88 bits per heavy atom. The lowest BCUT2D eigenvalue weighted by molar-refractivity contribution is 0.0792. The molecule has 32 heavy (non-hydrogen) atoms. The number of likely N-dealkylation sites (tertiary alicyclic amines) is 1. The van der Waals surface area contributed by atoms with E-state index in [1.165, 1.54) is 16.7 Å². The predicted octanol–water partition coefficient (Wildman–Crippen LogP) is 3.10. The number of nitrogens with zero attached hydrogens (tertiary/aromatic N) is 5. The maximum Gasteiger partial charge on any atom is 0.194 e. The molecule has 2 aromatic rings. The summed E-state index contributed by atoms with van der Waals surface area (Å²) < 4.78 is 1.90. The first-order chi connectivity index (χ1) is 15.4. The number of aliphatic imine (C=N–C) groups is 1. The molecule has 2 N–H and O–H groups in total. The van der Waals surface area contributed by atoms with Crippen LogP contribution in [0.4, 0.5) is 0 Å². The van der Waals surface area contributed by atoms with Crippen molar-refractivity contribution < 1.29 is 5.11 Å². The SMILES string of the molecule is CCNC(=NCc1ccc(CN2CCC(O)CC2)cc1)N(C)Cc1cn(C)nc1C(C)C. The number of hydrogen-bond donors (Lipinski definition) is 2. The van der Waals surface area contributed by atoms with Gasteiger partial charge in [0.1, 0.15) is 0 Å². The Bertz CT molecular complexity index is 865. The van der Waals surface area contributed by atoms with Gasteiger partial charge in [-0.1, -0.05) is 38.1 Å². The smallest absolute Gasteiger partial charge is 0.194 e. The third-order valence-corrected chi connectivity index (χ3v) is 5.99. The molecule has 1 fully saturated rings. The number of aryl methyl sites for hydroxylation is 1. The standard InChI is InChI=1S/C25H40N6O/c1-6-26-25(29(4)17-22-18-30(5)28-24(22)19(2)3)27-15-20-7-9-21(10-8-20)16-31-13-11-23(32)12-14-31/h7-10,18-19,23,32H,6,11-17H2,1-5H3,(H,26,27). The zero-order valence-corrected chi connectivity index (χ0v) is 20.4. The molecular formula is C25H40N6O. The maximum absolute atomic E-state index is 9.68. The van der Waals surface area contributed by atoms with Crippen LogP contribution >= 0.6 is 0 Å². The van der Waals surface area contributed by atoms with Gasteiger partial charge in [0.2, 0.25) is 0 Å². The van der Waals surface area contributed by atoms with Gasteiger partial charge in [0, 0.05) is 58.6 Å². The first kappa shape index (κ1) is 24.3. The van der Waals surface area contributed by atoms with Crippen LogP contribution in [0.3, 0.4) is 0 Å². The molecule has 0 amide bonds. The number of guanidine groups is 1. The Labute approximate surface area is 193 Å². The molecule has 0 spiro atoms. The predicted molar refractivity (Wildman–Crippen MR) is 131 cm³/mol. The van der Waals surface area contributed by atoms with Crippen molar-refractivity contribution in [3.05, 3.63) is 52.8 Å². The number of aliphatic hydroxyl groups excluding tert-OH is 1. The number of piperidine rings is 1. The van der Waals surface area contributed by atoms with Gasteiger partial charge in [-0.25, -0.2) is 4.99 Å². The van der Waals surface area contributed by atoms with Crippen LogP contribution in [0.2, 0.25) is 0 Å². The molecule has 176 valence electrons. The molecule has 1 aromatic heterocycles. The van der Waals surface area contributed by atoms with Crippen molar-refractivity contribution in [2.75, 3.05) is 26.7 Å². The molecule has 7 nitrogen and oxygen atoms in total. The summed E-state index contributed by atoms with van der Waals surface area (Å²) in [5.74, 6) is 1.30. The molecule has 1 saturated heterocycles. The highest BCUT2D eigenvalue weighted by Gasteiger charge is 2.17. The monoisotopic (exact) mass is 440 g/mol.